The molecule has 0 saturated carbocycles. The highest BCUT2D eigenvalue weighted by Crippen LogP contribution is 2.25. The van der Waals surface area contributed by atoms with E-state index in [2.05, 4.69) is 6.92 Å². The predicted molar refractivity (Wildman–Crippen MR) is 71.0 cm³/mol. The van der Waals surface area contributed by atoms with Gasteiger partial charge in [0.15, 0.2) is 0 Å². The number of hydrogen-bond acceptors (Lipinski definition) is 2. The van der Waals surface area contributed by atoms with Crippen LogP contribution >= 0.6 is 0 Å². The van der Waals surface area contributed by atoms with Gasteiger partial charge < -0.3 is 10.0 Å². The summed E-state index contributed by atoms with van der Waals surface area (Å²) in [5, 5.41) is 10.1. The minimum Gasteiger partial charge on any atom is -0.386 e. The normalized spacial score (nSPS) is 20.9. The van der Waals surface area contributed by atoms with Gasteiger partial charge in [0.2, 0.25) is 5.91 Å². The molecule has 3 nitrogen and oxygen atoms in total. The van der Waals surface area contributed by atoms with Crippen LogP contribution in [0.5, 0.6) is 0 Å². The van der Waals surface area contributed by atoms with Crippen molar-refractivity contribution < 1.29 is 14.3 Å². The van der Waals surface area contributed by atoms with Crippen molar-refractivity contribution in [2.24, 2.45) is 5.92 Å². The number of benzene rings is 1. The van der Waals surface area contributed by atoms with Gasteiger partial charge in [0, 0.05) is 18.5 Å². The number of β-amino-alcohol motifs (C(OH)–C–C–N with tert-alkyl or cyclic N) is 1. The fourth-order valence-corrected chi connectivity index (χ4v) is 2.68. The van der Waals surface area contributed by atoms with Crippen molar-refractivity contribution in [3.63, 3.8) is 0 Å². The molecule has 104 valence electrons. The average Bonchev–Trinajstić information content (AvgIpc) is 2.70. The Morgan fingerprint density at radius 1 is 1.47 bits per heavy atom. The first-order chi connectivity index (χ1) is 9.11. The number of hydrogen-bond donors (Lipinski definition) is 1. The van der Waals surface area contributed by atoms with Crippen LogP contribution in [0.1, 0.15) is 37.9 Å². The molecule has 1 N–H and O–H groups in total. The number of halogens is 1. The quantitative estimate of drug-likeness (QED) is 0.888. The number of nitrogens with zero attached hydrogens (tertiary/aromatic N) is 1. The lowest BCUT2D eigenvalue weighted by atomic mass is 10.0. The zero-order valence-corrected chi connectivity index (χ0v) is 11.2. The second-order valence-corrected chi connectivity index (χ2v) is 5.19. The van der Waals surface area contributed by atoms with Crippen LogP contribution in [0.25, 0.3) is 0 Å². The first-order valence-electron chi connectivity index (χ1n) is 6.82. The van der Waals surface area contributed by atoms with Gasteiger partial charge in [-0.1, -0.05) is 31.5 Å². The van der Waals surface area contributed by atoms with E-state index in [1.54, 1.807) is 23.1 Å². The summed E-state index contributed by atoms with van der Waals surface area (Å²) in [5.41, 5.74) is 0.259. The lowest BCUT2D eigenvalue weighted by molar-refractivity contribution is -0.129. The van der Waals surface area contributed by atoms with Crippen molar-refractivity contribution in [1.82, 2.24) is 4.90 Å². The number of carbonyl (C=O) groups is 1. The van der Waals surface area contributed by atoms with Gasteiger partial charge in [0.05, 0.1) is 12.6 Å². The summed E-state index contributed by atoms with van der Waals surface area (Å²) in [6, 6.07) is 6.16. The van der Waals surface area contributed by atoms with Crippen LogP contribution in [0.3, 0.4) is 0 Å². The Hall–Kier alpha value is -1.42. The standard InChI is InChI=1S/C15H20FNO2/c1-2-5-11-8-15(19)17(9-11)10-14(18)12-6-3-4-7-13(12)16/h3-4,6-7,11,14,18H,2,5,8-10H2,1H3. The van der Waals surface area contributed by atoms with Crippen LogP contribution in [0, 0.1) is 11.7 Å². The molecular formula is C15H20FNO2. The van der Waals surface area contributed by atoms with E-state index < -0.39 is 11.9 Å². The minimum absolute atomic E-state index is 0.0637. The molecule has 1 aromatic rings. The molecule has 2 atom stereocenters. The first kappa shape index (κ1) is 14.0. The van der Waals surface area contributed by atoms with E-state index >= 15 is 0 Å². The largest absolute Gasteiger partial charge is 0.386 e. The van der Waals surface area contributed by atoms with Crippen LogP contribution in [0.15, 0.2) is 24.3 Å². The summed E-state index contributed by atoms with van der Waals surface area (Å²) in [5.74, 6) is 0.0194. The molecular weight excluding hydrogens is 245 g/mol. The Kier molecular flexibility index (Phi) is 4.53. The van der Waals surface area contributed by atoms with E-state index in [4.69, 9.17) is 0 Å². The molecule has 0 aliphatic carbocycles. The smallest absolute Gasteiger partial charge is 0.223 e. The Bertz CT molecular complexity index is 450. The number of likely N-dealkylation sites (tertiary alicyclic amines) is 1. The highest BCUT2D eigenvalue weighted by Gasteiger charge is 2.30. The molecule has 1 fully saturated rings. The number of aliphatic hydroxyl groups excluding tert-OH is 1. The number of amides is 1. The molecule has 1 aliphatic heterocycles. The van der Waals surface area contributed by atoms with Gasteiger partial charge in [-0.15, -0.1) is 0 Å². The van der Waals surface area contributed by atoms with Crippen LogP contribution in [0.2, 0.25) is 0 Å². The maximum atomic E-state index is 13.5. The second-order valence-electron chi connectivity index (χ2n) is 5.19. The van der Waals surface area contributed by atoms with E-state index in [0.29, 0.717) is 18.9 Å². The third-order valence-electron chi connectivity index (χ3n) is 3.65. The van der Waals surface area contributed by atoms with Crippen molar-refractivity contribution in [2.75, 3.05) is 13.1 Å². The molecule has 0 bridgehead atoms. The van der Waals surface area contributed by atoms with Gasteiger partial charge in [-0.25, -0.2) is 4.39 Å². The summed E-state index contributed by atoms with van der Waals surface area (Å²) >= 11 is 0. The molecule has 4 heteroatoms. The fraction of sp³-hybridized carbons (Fsp3) is 0.533. The summed E-state index contributed by atoms with van der Waals surface area (Å²) in [4.78, 5) is 13.5. The Labute approximate surface area is 113 Å². The molecule has 1 aliphatic rings. The van der Waals surface area contributed by atoms with Gasteiger partial charge in [0.1, 0.15) is 5.82 Å². The molecule has 0 aromatic heterocycles. The van der Waals surface area contributed by atoms with Crippen LogP contribution in [0.4, 0.5) is 4.39 Å². The summed E-state index contributed by atoms with van der Waals surface area (Å²) in [6.45, 7) is 2.96. The number of rotatable bonds is 5. The fourth-order valence-electron chi connectivity index (χ4n) is 2.68. The maximum Gasteiger partial charge on any atom is 0.223 e. The molecule has 1 amide bonds. The molecule has 0 spiro atoms. The third-order valence-corrected chi connectivity index (χ3v) is 3.65. The van der Waals surface area contributed by atoms with Crippen molar-refractivity contribution in [1.29, 1.82) is 0 Å². The number of aliphatic hydroxyl groups is 1. The van der Waals surface area contributed by atoms with E-state index in [9.17, 15) is 14.3 Å². The van der Waals surface area contributed by atoms with E-state index in [-0.39, 0.29) is 18.0 Å². The van der Waals surface area contributed by atoms with Crippen LogP contribution < -0.4 is 0 Å². The van der Waals surface area contributed by atoms with Crippen molar-refractivity contribution in [3.8, 4) is 0 Å². The summed E-state index contributed by atoms with van der Waals surface area (Å²) < 4.78 is 13.5. The first-order valence-corrected chi connectivity index (χ1v) is 6.82. The van der Waals surface area contributed by atoms with Gasteiger partial charge in [0.25, 0.3) is 0 Å². The van der Waals surface area contributed by atoms with Gasteiger partial charge in [-0.2, -0.15) is 0 Å². The molecule has 1 aromatic carbocycles. The molecule has 0 radical (unpaired) electrons. The SMILES string of the molecule is CCCC1CC(=O)N(CC(O)c2ccccc2F)C1. The van der Waals surface area contributed by atoms with Gasteiger partial charge >= 0.3 is 0 Å². The Balaban J connectivity index is 1.98. The Morgan fingerprint density at radius 2 is 2.21 bits per heavy atom. The summed E-state index contributed by atoms with van der Waals surface area (Å²) in [7, 11) is 0. The van der Waals surface area contributed by atoms with E-state index in [0.717, 1.165) is 12.8 Å². The highest BCUT2D eigenvalue weighted by molar-refractivity contribution is 5.78. The lowest BCUT2D eigenvalue weighted by Crippen LogP contribution is -2.30. The Morgan fingerprint density at radius 3 is 2.89 bits per heavy atom. The highest BCUT2D eigenvalue weighted by atomic mass is 19.1. The second kappa shape index (κ2) is 6.15. The average molecular weight is 265 g/mol. The van der Waals surface area contributed by atoms with E-state index in [1.807, 2.05) is 0 Å². The summed E-state index contributed by atoms with van der Waals surface area (Å²) in [6.07, 6.45) is 1.68. The van der Waals surface area contributed by atoms with Crippen LogP contribution in [-0.2, 0) is 4.79 Å². The monoisotopic (exact) mass is 265 g/mol. The minimum atomic E-state index is -0.953. The van der Waals surface area contributed by atoms with Crippen LogP contribution in [-0.4, -0.2) is 29.0 Å². The zero-order valence-electron chi connectivity index (χ0n) is 11.2. The maximum absolute atomic E-state index is 13.5. The third kappa shape index (κ3) is 3.32. The molecule has 1 saturated heterocycles. The number of carbonyl (C=O) groups excluding carboxylic acids is 1. The molecule has 19 heavy (non-hydrogen) atoms. The molecule has 2 unspecified atom stereocenters. The zero-order chi connectivity index (χ0) is 13.8. The van der Waals surface area contributed by atoms with E-state index in [1.165, 1.54) is 6.07 Å². The molecule has 1 heterocycles. The van der Waals surface area contributed by atoms with Gasteiger partial charge in [-0.3, -0.25) is 4.79 Å². The topological polar surface area (TPSA) is 40.5 Å². The van der Waals surface area contributed by atoms with Crippen molar-refractivity contribution >= 4 is 5.91 Å². The van der Waals surface area contributed by atoms with Crippen molar-refractivity contribution in [3.05, 3.63) is 35.6 Å². The lowest BCUT2D eigenvalue weighted by Gasteiger charge is -2.21. The van der Waals surface area contributed by atoms with Gasteiger partial charge in [-0.05, 0) is 18.4 Å². The predicted octanol–water partition coefficient (Wildman–Crippen LogP) is 2.51. The van der Waals surface area contributed by atoms with Crippen molar-refractivity contribution in [2.45, 2.75) is 32.3 Å². The molecule has 2 rings (SSSR count).